The first-order chi connectivity index (χ1) is 12.9. The van der Waals surface area contributed by atoms with Gasteiger partial charge in [0.1, 0.15) is 6.33 Å². The smallest absolute Gasteiger partial charge is 0.236 e. The van der Waals surface area contributed by atoms with Gasteiger partial charge in [-0.2, -0.15) is 0 Å². The molecule has 0 aliphatic carbocycles. The molecule has 0 aliphatic rings. The Bertz CT molecular complexity index is 990. The monoisotopic (exact) mass is 348 g/mol. The van der Waals surface area contributed by atoms with Crippen LogP contribution in [0.3, 0.4) is 0 Å². The van der Waals surface area contributed by atoms with Gasteiger partial charge in [0.2, 0.25) is 5.78 Å². The van der Waals surface area contributed by atoms with Gasteiger partial charge in [-0.05, 0) is 23.9 Å². The molecule has 0 saturated heterocycles. The SMILES string of the molecule is CCCCCCCCCCn1c2cccc3cccc(c32)n2cnnc12. The molecule has 4 nitrogen and oxygen atoms in total. The molecule has 4 aromatic rings. The van der Waals surface area contributed by atoms with Gasteiger partial charge < -0.3 is 4.57 Å². The number of aryl methyl sites for hydroxylation is 1. The highest BCUT2D eigenvalue weighted by Crippen LogP contribution is 2.28. The van der Waals surface area contributed by atoms with E-state index in [0.717, 1.165) is 12.3 Å². The van der Waals surface area contributed by atoms with E-state index in [2.05, 4.69) is 62.5 Å². The molecule has 0 atom stereocenters. The lowest BCUT2D eigenvalue weighted by atomic mass is 10.1. The number of hydrogen-bond acceptors (Lipinski definition) is 2. The highest BCUT2D eigenvalue weighted by Gasteiger charge is 2.12. The maximum absolute atomic E-state index is 4.41. The molecular weight excluding hydrogens is 320 g/mol. The van der Waals surface area contributed by atoms with Crippen molar-refractivity contribution in [3.05, 3.63) is 42.7 Å². The molecule has 136 valence electrons. The van der Waals surface area contributed by atoms with Crippen LogP contribution >= 0.6 is 0 Å². The Morgan fingerprint density at radius 1 is 0.808 bits per heavy atom. The van der Waals surface area contributed by atoms with Gasteiger partial charge in [0.05, 0.1) is 11.0 Å². The van der Waals surface area contributed by atoms with E-state index in [1.54, 1.807) is 0 Å². The number of rotatable bonds is 9. The number of benzene rings is 2. The third kappa shape index (κ3) is 3.20. The predicted molar refractivity (Wildman–Crippen MR) is 109 cm³/mol. The first-order valence-corrected chi connectivity index (χ1v) is 10.1. The van der Waals surface area contributed by atoms with Crippen LogP contribution in [0.5, 0.6) is 0 Å². The van der Waals surface area contributed by atoms with Gasteiger partial charge in [0, 0.05) is 11.9 Å². The standard InChI is InChI=1S/C22H28N4/c1-2-3-4-5-6-7-8-9-16-25-19-14-10-12-18-13-11-15-20(21(18)19)26-17-23-24-22(25)26/h10-15,17H,2-9,16H2,1H3. The number of aromatic nitrogens is 4. The summed E-state index contributed by atoms with van der Waals surface area (Å²) < 4.78 is 4.47. The molecule has 0 radical (unpaired) electrons. The van der Waals surface area contributed by atoms with Crippen molar-refractivity contribution in [2.45, 2.75) is 64.8 Å². The van der Waals surface area contributed by atoms with E-state index >= 15 is 0 Å². The summed E-state index contributed by atoms with van der Waals surface area (Å²) >= 11 is 0. The van der Waals surface area contributed by atoms with E-state index < -0.39 is 0 Å². The Morgan fingerprint density at radius 3 is 2.27 bits per heavy atom. The topological polar surface area (TPSA) is 35.1 Å². The van der Waals surface area contributed by atoms with Crippen LogP contribution in [0.4, 0.5) is 0 Å². The third-order valence-corrected chi connectivity index (χ3v) is 5.42. The fourth-order valence-electron chi connectivity index (χ4n) is 4.04. The van der Waals surface area contributed by atoms with Crippen molar-refractivity contribution in [2.75, 3.05) is 0 Å². The minimum absolute atomic E-state index is 0.944. The van der Waals surface area contributed by atoms with Gasteiger partial charge in [-0.1, -0.05) is 76.1 Å². The Labute approximate surface area is 154 Å². The summed E-state index contributed by atoms with van der Waals surface area (Å²) in [7, 11) is 0. The molecule has 26 heavy (non-hydrogen) atoms. The Hall–Kier alpha value is -2.36. The van der Waals surface area contributed by atoms with E-state index in [1.807, 2.05) is 6.33 Å². The van der Waals surface area contributed by atoms with Gasteiger partial charge >= 0.3 is 0 Å². The van der Waals surface area contributed by atoms with Crippen molar-refractivity contribution in [3.8, 4) is 0 Å². The highest BCUT2D eigenvalue weighted by atomic mass is 15.3. The van der Waals surface area contributed by atoms with E-state index in [-0.39, 0.29) is 0 Å². The van der Waals surface area contributed by atoms with Crippen LogP contribution in [0.25, 0.3) is 27.6 Å². The number of nitrogens with zero attached hydrogens (tertiary/aromatic N) is 4. The van der Waals surface area contributed by atoms with Crippen LogP contribution < -0.4 is 0 Å². The summed E-state index contributed by atoms with van der Waals surface area (Å²) in [5.74, 6) is 0.944. The van der Waals surface area contributed by atoms with Gasteiger partial charge in [-0.3, -0.25) is 4.40 Å². The van der Waals surface area contributed by atoms with E-state index in [4.69, 9.17) is 0 Å². The zero-order valence-electron chi connectivity index (χ0n) is 15.7. The zero-order chi connectivity index (χ0) is 17.8. The Kier molecular flexibility index (Phi) is 5.19. The maximum Gasteiger partial charge on any atom is 0.236 e. The minimum Gasteiger partial charge on any atom is -0.310 e. The quantitative estimate of drug-likeness (QED) is 0.349. The number of unbranched alkanes of at least 4 members (excludes halogenated alkanes) is 7. The average molecular weight is 348 g/mol. The summed E-state index contributed by atoms with van der Waals surface area (Å²) in [5, 5.41) is 11.2. The molecule has 0 fully saturated rings. The fraction of sp³-hybridized carbons (Fsp3) is 0.455. The lowest BCUT2D eigenvalue weighted by Gasteiger charge is -2.16. The predicted octanol–water partition coefficient (Wildman–Crippen LogP) is 5.98. The second-order valence-electron chi connectivity index (χ2n) is 7.28. The normalized spacial score (nSPS) is 11.9. The average Bonchev–Trinajstić information content (AvgIpc) is 3.16. The molecule has 4 rings (SSSR count). The summed E-state index contributed by atoms with van der Waals surface area (Å²) in [6.07, 6.45) is 12.5. The molecule has 0 bridgehead atoms. The third-order valence-electron chi connectivity index (χ3n) is 5.42. The summed E-state index contributed by atoms with van der Waals surface area (Å²) in [4.78, 5) is 0. The van der Waals surface area contributed by atoms with Gasteiger partial charge in [-0.15, -0.1) is 10.2 Å². The van der Waals surface area contributed by atoms with Crippen molar-refractivity contribution in [2.24, 2.45) is 0 Å². The van der Waals surface area contributed by atoms with Crippen LogP contribution in [0, 0.1) is 0 Å². The molecule has 4 heteroatoms. The van der Waals surface area contributed by atoms with Crippen molar-refractivity contribution in [3.63, 3.8) is 0 Å². The van der Waals surface area contributed by atoms with E-state index in [0.29, 0.717) is 0 Å². The molecule has 0 saturated carbocycles. The van der Waals surface area contributed by atoms with Crippen LogP contribution in [0.1, 0.15) is 58.3 Å². The Balaban J connectivity index is 1.55. The molecule has 0 spiro atoms. The maximum atomic E-state index is 4.41. The first kappa shape index (κ1) is 17.1. The van der Waals surface area contributed by atoms with Crippen LogP contribution in [0.2, 0.25) is 0 Å². The highest BCUT2D eigenvalue weighted by molar-refractivity contribution is 6.08. The van der Waals surface area contributed by atoms with Crippen molar-refractivity contribution in [1.82, 2.24) is 19.2 Å². The van der Waals surface area contributed by atoms with Crippen molar-refractivity contribution >= 4 is 27.6 Å². The molecule has 2 heterocycles. The number of hydrogen-bond donors (Lipinski definition) is 0. The molecule has 0 aliphatic heterocycles. The summed E-state index contributed by atoms with van der Waals surface area (Å²) in [5.41, 5.74) is 2.45. The van der Waals surface area contributed by atoms with E-state index in [9.17, 15) is 0 Å². The van der Waals surface area contributed by atoms with Crippen LogP contribution in [0.15, 0.2) is 42.7 Å². The molecule has 0 unspecified atom stereocenters. The van der Waals surface area contributed by atoms with E-state index in [1.165, 1.54) is 73.2 Å². The van der Waals surface area contributed by atoms with Crippen molar-refractivity contribution < 1.29 is 0 Å². The molecule has 2 aromatic carbocycles. The summed E-state index contributed by atoms with van der Waals surface area (Å²) in [6, 6.07) is 13.0. The molecule has 0 amide bonds. The zero-order valence-corrected chi connectivity index (χ0v) is 15.7. The minimum atomic E-state index is 0.944. The fourth-order valence-corrected chi connectivity index (χ4v) is 4.04. The molecule has 2 aromatic heterocycles. The lowest BCUT2D eigenvalue weighted by molar-refractivity contribution is 0.550. The largest absolute Gasteiger partial charge is 0.310 e. The lowest BCUT2D eigenvalue weighted by Crippen LogP contribution is -2.07. The second kappa shape index (κ2) is 7.90. The van der Waals surface area contributed by atoms with Crippen LogP contribution in [-0.4, -0.2) is 19.2 Å². The van der Waals surface area contributed by atoms with Crippen molar-refractivity contribution in [1.29, 1.82) is 0 Å². The summed E-state index contributed by atoms with van der Waals surface area (Å²) in [6.45, 7) is 3.27. The van der Waals surface area contributed by atoms with Gasteiger partial charge in [-0.25, -0.2) is 0 Å². The van der Waals surface area contributed by atoms with Crippen LogP contribution in [-0.2, 0) is 6.54 Å². The Morgan fingerprint density at radius 2 is 1.50 bits per heavy atom. The first-order valence-electron chi connectivity index (χ1n) is 10.1. The molecular formula is C22H28N4. The number of fused-ring (bicyclic) bond motifs is 2. The van der Waals surface area contributed by atoms with Gasteiger partial charge in [0.15, 0.2) is 0 Å². The van der Waals surface area contributed by atoms with Gasteiger partial charge in [0.25, 0.3) is 0 Å². The second-order valence-corrected chi connectivity index (χ2v) is 7.28. The molecule has 0 N–H and O–H groups in total.